The summed E-state index contributed by atoms with van der Waals surface area (Å²) >= 11 is 5.80. The van der Waals surface area contributed by atoms with Crippen LogP contribution in [-0.4, -0.2) is 28.7 Å². The average Bonchev–Trinajstić information content (AvgIpc) is 2.32. The van der Waals surface area contributed by atoms with Crippen LogP contribution < -0.4 is 0 Å². The molecule has 1 aromatic carbocycles. The summed E-state index contributed by atoms with van der Waals surface area (Å²) in [6.07, 6.45) is 1.27. The first-order valence-electron chi connectivity index (χ1n) is 5.99. The largest absolute Gasteiger partial charge is 0.326 e. The summed E-state index contributed by atoms with van der Waals surface area (Å²) < 4.78 is 0. The number of benzene rings is 1. The molecule has 96 valence electrons. The fourth-order valence-electron chi connectivity index (χ4n) is 2.14. The van der Waals surface area contributed by atoms with Crippen molar-refractivity contribution < 1.29 is 9.59 Å². The van der Waals surface area contributed by atoms with Crippen LogP contribution >= 0.6 is 11.6 Å². The van der Waals surface area contributed by atoms with Gasteiger partial charge in [-0.25, -0.2) is 0 Å². The molecule has 0 saturated carbocycles. The van der Waals surface area contributed by atoms with Crippen LogP contribution in [0.2, 0.25) is 5.02 Å². The second-order valence-corrected chi connectivity index (χ2v) is 5.69. The van der Waals surface area contributed by atoms with E-state index in [9.17, 15) is 9.59 Å². The van der Waals surface area contributed by atoms with Gasteiger partial charge in [0.05, 0.1) is 6.54 Å². The number of ketones is 1. The number of hydrogen-bond donors (Lipinski definition) is 0. The Labute approximate surface area is 112 Å². The molecule has 0 spiro atoms. The number of hydrogen-bond acceptors (Lipinski definition) is 2. The summed E-state index contributed by atoms with van der Waals surface area (Å²) in [7, 11) is 0. The van der Waals surface area contributed by atoms with Crippen molar-refractivity contribution in [2.24, 2.45) is 0 Å². The molecule has 0 atom stereocenters. The van der Waals surface area contributed by atoms with Gasteiger partial charge in [0.2, 0.25) is 0 Å². The molecule has 0 aromatic heterocycles. The van der Waals surface area contributed by atoms with Crippen molar-refractivity contribution in [3.05, 3.63) is 34.9 Å². The Morgan fingerprint density at radius 1 is 1.28 bits per heavy atom. The number of likely N-dealkylation sites (tertiary alicyclic amines) is 1. The highest BCUT2D eigenvalue weighted by atomic mass is 35.5. The Hall–Kier alpha value is -1.35. The van der Waals surface area contributed by atoms with E-state index < -0.39 is 0 Å². The zero-order valence-electron chi connectivity index (χ0n) is 10.6. The maximum absolute atomic E-state index is 12.4. The van der Waals surface area contributed by atoms with Crippen LogP contribution in [0.15, 0.2) is 24.3 Å². The molecular formula is C14H16ClNO2. The summed E-state index contributed by atoms with van der Waals surface area (Å²) in [6, 6.07) is 6.76. The number of carbonyl (C=O) groups excluding carboxylic acids is 2. The third-order valence-corrected chi connectivity index (χ3v) is 3.67. The predicted octanol–water partition coefficient (Wildman–Crippen LogP) is 2.92. The van der Waals surface area contributed by atoms with E-state index >= 15 is 0 Å². The van der Waals surface area contributed by atoms with Gasteiger partial charge in [0.15, 0.2) is 5.78 Å². The Morgan fingerprint density at radius 3 is 2.50 bits per heavy atom. The van der Waals surface area contributed by atoms with Crippen molar-refractivity contribution in [1.82, 2.24) is 4.90 Å². The number of rotatable bonds is 1. The molecular weight excluding hydrogens is 250 g/mol. The molecule has 1 saturated heterocycles. The molecule has 1 aromatic rings. The minimum absolute atomic E-state index is 0.107. The van der Waals surface area contributed by atoms with Gasteiger partial charge in [0.25, 0.3) is 5.91 Å². The third-order valence-electron chi connectivity index (χ3n) is 3.42. The number of amides is 1. The highest BCUT2D eigenvalue weighted by molar-refractivity contribution is 6.30. The van der Waals surface area contributed by atoms with E-state index in [0.29, 0.717) is 23.4 Å². The van der Waals surface area contributed by atoms with Gasteiger partial charge in [0.1, 0.15) is 0 Å². The predicted molar refractivity (Wildman–Crippen MR) is 70.8 cm³/mol. The number of halogens is 1. The molecule has 1 fully saturated rings. The van der Waals surface area contributed by atoms with E-state index in [1.807, 2.05) is 13.8 Å². The van der Waals surface area contributed by atoms with Crippen LogP contribution in [0, 0.1) is 0 Å². The van der Waals surface area contributed by atoms with E-state index in [-0.39, 0.29) is 23.8 Å². The van der Waals surface area contributed by atoms with E-state index in [1.54, 1.807) is 29.2 Å². The first-order valence-corrected chi connectivity index (χ1v) is 6.37. The number of nitrogens with zero attached hydrogens (tertiary/aromatic N) is 1. The van der Waals surface area contributed by atoms with Crippen molar-refractivity contribution in [2.45, 2.75) is 32.2 Å². The normalized spacial score (nSPS) is 18.8. The van der Waals surface area contributed by atoms with Crippen LogP contribution in [0.3, 0.4) is 0 Å². The molecule has 0 radical (unpaired) electrons. The van der Waals surface area contributed by atoms with Gasteiger partial charge in [0, 0.05) is 22.5 Å². The fraction of sp³-hybridized carbons (Fsp3) is 0.429. The standard InChI is InChI=1S/C14H16ClNO2/c1-14(2)8-7-12(17)9-16(14)13(18)10-3-5-11(15)6-4-10/h3-6H,7-9H2,1-2H3. The van der Waals surface area contributed by atoms with Crippen LogP contribution in [0.1, 0.15) is 37.0 Å². The summed E-state index contributed by atoms with van der Waals surface area (Å²) in [5, 5.41) is 0.598. The lowest BCUT2D eigenvalue weighted by Gasteiger charge is -2.41. The molecule has 1 amide bonds. The third kappa shape index (κ3) is 2.56. The molecule has 0 unspecified atom stereocenters. The summed E-state index contributed by atoms with van der Waals surface area (Å²) in [5.74, 6) is 0.0151. The SMILES string of the molecule is CC1(C)CCC(=O)CN1C(=O)c1ccc(Cl)cc1. The molecule has 0 bridgehead atoms. The minimum Gasteiger partial charge on any atom is -0.326 e. The smallest absolute Gasteiger partial charge is 0.254 e. The molecule has 4 heteroatoms. The quantitative estimate of drug-likeness (QED) is 0.783. The number of Topliss-reactive ketones (excluding diaryl/α,β-unsaturated/α-hetero) is 1. The van der Waals surface area contributed by atoms with E-state index in [1.165, 1.54) is 0 Å². The molecule has 1 heterocycles. The monoisotopic (exact) mass is 265 g/mol. The second kappa shape index (κ2) is 4.73. The molecule has 2 rings (SSSR count). The van der Waals surface area contributed by atoms with Crippen molar-refractivity contribution >= 4 is 23.3 Å². The second-order valence-electron chi connectivity index (χ2n) is 5.25. The fourth-order valence-corrected chi connectivity index (χ4v) is 2.27. The Bertz CT molecular complexity index is 479. The molecule has 1 aliphatic heterocycles. The Morgan fingerprint density at radius 2 is 1.89 bits per heavy atom. The molecule has 0 N–H and O–H groups in total. The van der Waals surface area contributed by atoms with Gasteiger partial charge in [-0.3, -0.25) is 9.59 Å². The van der Waals surface area contributed by atoms with Gasteiger partial charge in [-0.05, 0) is 44.5 Å². The molecule has 18 heavy (non-hydrogen) atoms. The van der Waals surface area contributed by atoms with Crippen LogP contribution in [0.25, 0.3) is 0 Å². The zero-order valence-corrected chi connectivity index (χ0v) is 11.3. The molecule has 0 aliphatic carbocycles. The van der Waals surface area contributed by atoms with Crippen molar-refractivity contribution in [2.75, 3.05) is 6.54 Å². The minimum atomic E-state index is -0.273. The van der Waals surface area contributed by atoms with Crippen molar-refractivity contribution in [3.8, 4) is 0 Å². The number of piperidine rings is 1. The summed E-state index contributed by atoms with van der Waals surface area (Å²) in [4.78, 5) is 25.6. The van der Waals surface area contributed by atoms with Gasteiger partial charge >= 0.3 is 0 Å². The van der Waals surface area contributed by atoms with Gasteiger partial charge in [-0.1, -0.05) is 11.6 Å². The Balaban J connectivity index is 2.26. The van der Waals surface area contributed by atoms with Crippen molar-refractivity contribution in [1.29, 1.82) is 0 Å². The summed E-state index contributed by atoms with van der Waals surface area (Å²) in [6.45, 7) is 4.19. The lowest BCUT2D eigenvalue weighted by Crippen LogP contribution is -2.53. The van der Waals surface area contributed by atoms with Gasteiger partial charge in [-0.2, -0.15) is 0 Å². The zero-order chi connectivity index (χ0) is 13.3. The van der Waals surface area contributed by atoms with Crippen molar-refractivity contribution in [3.63, 3.8) is 0 Å². The first-order chi connectivity index (χ1) is 8.40. The lowest BCUT2D eigenvalue weighted by molar-refractivity contribution is -0.124. The van der Waals surface area contributed by atoms with Crippen LogP contribution in [0.5, 0.6) is 0 Å². The van der Waals surface area contributed by atoms with E-state index in [4.69, 9.17) is 11.6 Å². The highest BCUT2D eigenvalue weighted by Gasteiger charge is 2.36. The molecule has 1 aliphatic rings. The van der Waals surface area contributed by atoms with E-state index in [0.717, 1.165) is 0 Å². The maximum atomic E-state index is 12.4. The highest BCUT2D eigenvalue weighted by Crippen LogP contribution is 2.27. The topological polar surface area (TPSA) is 37.4 Å². The first kappa shape index (κ1) is 13.1. The maximum Gasteiger partial charge on any atom is 0.254 e. The van der Waals surface area contributed by atoms with Crippen LogP contribution in [-0.2, 0) is 4.79 Å². The summed E-state index contributed by atoms with van der Waals surface area (Å²) in [5.41, 5.74) is 0.298. The lowest BCUT2D eigenvalue weighted by atomic mass is 9.89. The Kier molecular flexibility index (Phi) is 3.44. The number of carbonyl (C=O) groups is 2. The average molecular weight is 266 g/mol. The van der Waals surface area contributed by atoms with E-state index in [2.05, 4.69) is 0 Å². The van der Waals surface area contributed by atoms with Gasteiger partial charge < -0.3 is 4.90 Å². The van der Waals surface area contributed by atoms with Gasteiger partial charge in [-0.15, -0.1) is 0 Å². The van der Waals surface area contributed by atoms with Crippen LogP contribution in [0.4, 0.5) is 0 Å². The molecule has 3 nitrogen and oxygen atoms in total.